The fourth-order valence-electron chi connectivity index (χ4n) is 3.03. The van der Waals surface area contributed by atoms with Gasteiger partial charge in [0.1, 0.15) is 0 Å². The van der Waals surface area contributed by atoms with Gasteiger partial charge in [-0.25, -0.2) is 0 Å². The predicted molar refractivity (Wildman–Crippen MR) is 59.3 cm³/mol. The highest BCUT2D eigenvalue weighted by Gasteiger charge is 2.34. The molecular formula is C11H23N3. The summed E-state index contributed by atoms with van der Waals surface area (Å²) in [5, 5.41) is 0. The van der Waals surface area contributed by atoms with E-state index in [1.54, 1.807) is 0 Å². The molecule has 1 heterocycles. The van der Waals surface area contributed by atoms with Crippen molar-refractivity contribution in [3.05, 3.63) is 0 Å². The Kier molecular flexibility index (Phi) is 3.10. The minimum Gasteiger partial charge on any atom is -0.326 e. The first-order valence-electron chi connectivity index (χ1n) is 5.88. The molecule has 1 aliphatic heterocycles. The van der Waals surface area contributed by atoms with Gasteiger partial charge in [0.05, 0.1) is 0 Å². The van der Waals surface area contributed by atoms with E-state index in [1.165, 1.54) is 38.9 Å². The minimum atomic E-state index is 0.431. The molecule has 1 saturated carbocycles. The summed E-state index contributed by atoms with van der Waals surface area (Å²) < 4.78 is 0. The Morgan fingerprint density at radius 2 is 2.00 bits per heavy atom. The highest BCUT2D eigenvalue weighted by atomic mass is 15.3. The lowest BCUT2D eigenvalue weighted by Crippen LogP contribution is -2.57. The molecule has 0 aromatic rings. The lowest BCUT2D eigenvalue weighted by Gasteiger charge is -2.43. The number of nitrogens with two attached hydrogens (primary N) is 1. The molecule has 0 bridgehead atoms. The third kappa shape index (κ3) is 1.95. The minimum absolute atomic E-state index is 0.431. The molecule has 3 heteroatoms. The average Bonchev–Trinajstić information content (AvgIpc) is 2.52. The van der Waals surface area contributed by atoms with Gasteiger partial charge in [0, 0.05) is 37.8 Å². The van der Waals surface area contributed by atoms with Crippen molar-refractivity contribution in [1.29, 1.82) is 0 Å². The SMILES string of the molecule is CC1CN(C)CCN1C1CCCC1N. The van der Waals surface area contributed by atoms with Crippen LogP contribution in [-0.4, -0.2) is 54.6 Å². The Labute approximate surface area is 87.2 Å². The van der Waals surface area contributed by atoms with E-state index in [-0.39, 0.29) is 0 Å². The summed E-state index contributed by atoms with van der Waals surface area (Å²) in [4.78, 5) is 5.05. The molecular weight excluding hydrogens is 174 g/mol. The number of hydrogen-bond donors (Lipinski definition) is 1. The van der Waals surface area contributed by atoms with Crippen LogP contribution in [0.2, 0.25) is 0 Å². The summed E-state index contributed by atoms with van der Waals surface area (Å²) in [6.45, 7) is 5.94. The van der Waals surface area contributed by atoms with Crippen molar-refractivity contribution in [3.8, 4) is 0 Å². The fourth-order valence-corrected chi connectivity index (χ4v) is 3.03. The number of nitrogens with zero attached hydrogens (tertiary/aromatic N) is 2. The Morgan fingerprint density at radius 1 is 1.21 bits per heavy atom. The van der Waals surface area contributed by atoms with Crippen LogP contribution >= 0.6 is 0 Å². The van der Waals surface area contributed by atoms with Crippen LogP contribution < -0.4 is 5.73 Å². The summed E-state index contributed by atoms with van der Waals surface area (Å²) in [6.07, 6.45) is 3.86. The molecule has 3 unspecified atom stereocenters. The quantitative estimate of drug-likeness (QED) is 0.664. The molecule has 0 radical (unpaired) electrons. The first-order chi connectivity index (χ1) is 6.68. The summed E-state index contributed by atoms with van der Waals surface area (Å²) in [5.41, 5.74) is 6.15. The monoisotopic (exact) mass is 197 g/mol. The first-order valence-corrected chi connectivity index (χ1v) is 5.88. The Balaban J connectivity index is 1.96. The van der Waals surface area contributed by atoms with Gasteiger partial charge >= 0.3 is 0 Å². The Hall–Kier alpha value is -0.120. The predicted octanol–water partition coefficient (Wildman–Crippen LogP) is 0.502. The van der Waals surface area contributed by atoms with Crippen molar-refractivity contribution < 1.29 is 0 Å². The van der Waals surface area contributed by atoms with Gasteiger partial charge in [-0.15, -0.1) is 0 Å². The van der Waals surface area contributed by atoms with E-state index in [4.69, 9.17) is 5.73 Å². The molecule has 3 atom stereocenters. The van der Waals surface area contributed by atoms with Gasteiger partial charge in [0.15, 0.2) is 0 Å². The zero-order valence-electron chi connectivity index (χ0n) is 9.45. The molecule has 1 aliphatic carbocycles. The lowest BCUT2D eigenvalue weighted by atomic mass is 10.1. The van der Waals surface area contributed by atoms with Gasteiger partial charge in [-0.2, -0.15) is 0 Å². The highest BCUT2D eigenvalue weighted by molar-refractivity contribution is 4.92. The molecule has 82 valence electrons. The molecule has 2 rings (SSSR count). The molecule has 3 nitrogen and oxygen atoms in total. The topological polar surface area (TPSA) is 32.5 Å². The standard InChI is InChI=1S/C11H23N3/c1-9-8-13(2)6-7-14(9)11-5-3-4-10(11)12/h9-11H,3-8,12H2,1-2H3. The smallest absolute Gasteiger partial charge is 0.0251 e. The van der Waals surface area contributed by atoms with Gasteiger partial charge in [0.2, 0.25) is 0 Å². The van der Waals surface area contributed by atoms with Crippen molar-refractivity contribution in [2.45, 2.75) is 44.3 Å². The van der Waals surface area contributed by atoms with E-state index < -0.39 is 0 Å². The molecule has 0 aromatic heterocycles. The van der Waals surface area contributed by atoms with Crippen molar-refractivity contribution in [2.75, 3.05) is 26.7 Å². The Morgan fingerprint density at radius 3 is 2.57 bits per heavy atom. The maximum absolute atomic E-state index is 6.15. The number of piperazine rings is 1. The molecule has 14 heavy (non-hydrogen) atoms. The third-order valence-corrected chi connectivity index (χ3v) is 3.84. The normalized spacial score (nSPS) is 41.8. The maximum Gasteiger partial charge on any atom is 0.0251 e. The molecule has 0 aromatic carbocycles. The summed E-state index contributed by atoms with van der Waals surface area (Å²) in [7, 11) is 2.21. The van der Waals surface area contributed by atoms with Crippen LogP contribution in [0.25, 0.3) is 0 Å². The highest BCUT2D eigenvalue weighted by Crippen LogP contribution is 2.25. The molecule has 2 fully saturated rings. The zero-order valence-corrected chi connectivity index (χ0v) is 9.45. The molecule has 1 saturated heterocycles. The van der Waals surface area contributed by atoms with Crippen LogP contribution in [0.3, 0.4) is 0 Å². The summed E-state index contributed by atoms with van der Waals surface area (Å²) >= 11 is 0. The van der Waals surface area contributed by atoms with Gasteiger partial charge < -0.3 is 10.6 Å². The van der Waals surface area contributed by atoms with Crippen LogP contribution in [0, 0.1) is 0 Å². The van der Waals surface area contributed by atoms with Crippen LogP contribution in [0.1, 0.15) is 26.2 Å². The average molecular weight is 197 g/mol. The van der Waals surface area contributed by atoms with E-state index in [0.717, 1.165) is 0 Å². The van der Waals surface area contributed by atoms with E-state index >= 15 is 0 Å². The van der Waals surface area contributed by atoms with E-state index in [1.807, 2.05) is 0 Å². The van der Waals surface area contributed by atoms with Crippen molar-refractivity contribution in [3.63, 3.8) is 0 Å². The Bertz CT molecular complexity index is 195. The first kappa shape index (κ1) is 10.4. The fraction of sp³-hybridized carbons (Fsp3) is 1.00. The van der Waals surface area contributed by atoms with Crippen LogP contribution in [0.5, 0.6) is 0 Å². The van der Waals surface area contributed by atoms with Crippen molar-refractivity contribution in [1.82, 2.24) is 9.80 Å². The van der Waals surface area contributed by atoms with E-state index in [2.05, 4.69) is 23.8 Å². The van der Waals surface area contributed by atoms with Crippen molar-refractivity contribution in [2.24, 2.45) is 5.73 Å². The number of likely N-dealkylation sites (N-methyl/N-ethyl adjacent to an activating group) is 1. The second-order valence-corrected chi connectivity index (χ2v) is 5.01. The molecule has 0 spiro atoms. The zero-order chi connectivity index (χ0) is 10.1. The van der Waals surface area contributed by atoms with Gasteiger partial charge in [-0.3, -0.25) is 4.90 Å². The van der Waals surface area contributed by atoms with Gasteiger partial charge in [0.25, 0.3) is 0 Å². The van der Waals surface area contributed by atoms with E-state index in [9.17, 15) is 0 Å². The molecule has 2 aliphatic rings. The molecule has 0 amide bonds. The number of hydrogen-bond acceptors (Lipinski definition) is 3. The van der Waals surface area contributed by atoms with Crippen LogP contribution in [0.4, 0.5) is 0 Å². The second-order valence-electron chi connectivity index (χ2n) is 5.01. The van der Waals surface area contributed by atoms with Crippen molar-refractivity contribution >= 4 is 0 Å². The lowest BCUT2D eigenvalue weighted by molar-refractivity contribution is 0.0576. The summed E-state index contributed by atoms with van der Waals surface area (Å²) in [6, 6.07) is 1.78. The van der Waals surface area contributed by atoms with E-state index in [0.29, 0.717) is 18.1 Å². The van der Waals surface area contributed by atoms with Gasteiger partial charge in [-0.05, 0) is 26.8 Å². The number of rotatable bonds is 1. The van der Waals surface area contributed by atoms with Crippen LogP contribution in [-0.2, 0) is 0 Å². The van der Waals surface area contributed by atoms with Gasteiger partial charge in [-0.1, -0.05) is 6.42 Å². The molecule has 2 N–H and O–H groups in total. The summed E-state index contributed by atoms with van der Waals surface area (Å²) in [5.74, 6) is 0. The van der Waals surface area contributed by atoms with Crippen LogP contribution in [0.15, 0.2) is 0 Å². The third-order valence-electron chi connectivity index (χ3n) is 3.84. The largest absolute Gasteiger partial charge is 0.326 e. The second kappa shape index (κ2) is 4.17. The maximum atomic E-state index is 6.15.